The summed E-state index contributed by atoms with van der Waals surface area (Å²) < 4.78 is 23.3. The number of fused-ring (bicyclic) bond motifs is 1. The summed E-state index contributed by atoms with van der Waals surface area (Å²) in [6.07, 6.45) is 0.603. The van der Waals surface area contributed by atoms with E-state index in [1.54, 1.807) is 6.07 Å². The number of nitrogens with one attached hydrogen (secondary N) is 2. The fraction of sp³-hybridized carbons (Fsp3) is 0.222. The van der Waals surface area contributed by atoms with Crippen LogP contribution in [0.25, 0.3) is 0 Å². The summed E-state index contributed by atoms with van der Waals surface area (Å²) in [5, 5.41) is 5.49. The predicted octanol–water partition coefficient (Wildman–Crippen LogP) is 1.89. The highest BCUT2D eigenvalue weighted by Gasteiger charge is 2.15. The molecule has 2 aromatic carbocycles. The molecule has 0 bridgehead atoms. The van der Waals surface area contributed by atoms with Gasteiger partial charge in [0.25, 0.3) is 11.8 Å². The molecule has 0 spiro atoms. The van der Waals surface area contributed by atoms with Gasteiger partial charge in [0.1, 0.15) is 17.3 Å². The number of benzene rings is 2. The summed E-state index contributed by atoms with van der Waals surface area (Å²) in [5.41, 5.74) is 1.60. The summed E-state index contributed by atoms with van der Waals surface area (Å²) in [4.78, 5) is 23.1. The first kappa shape index (κ1) is 16.8. The molecule has 0 saturated heterocycles. The van der Waals surface area contributed by atoms with Crippen molar-refractivity contribution in [2.24, 2.45) is 0 Å². The lowest BCUT2D eigenvalue weighted by Crippen LogP contribution is -2.30. The summed E-state index contributed by atoms with van der Waals surface area (Å²) in [6, 6.07) is 11.0. The summed E-state index contributed by atoms with van der Waals surface area (Å²) in [7, 11) is 0. The minimum absolute atomic E-state index is 0.0243. The molecule has 0 atom stereocenters. The average Bonchev–Trinajstić information content (AvgIpc) is 2.61. The summed E-state index contributed by atoms with van der Waals surface area (Å²) in [5.74, 6) is 0.264. The van der Waals surface area contributed by atoms with Gasteiger partial charge in [-0.15, -0.1) is 0 Å². The zero-order valence-corrected chi connectivity index (χ0v) is 13.4. The Morgan fingerprint density at radius 2 is 2.04 bits per heavy atom. The third kappa shape index (κ3) is 4.69. The van der Waals surface area contributed by atoms with Crippen molar-refractivity contribution in [3.8, 4) is 11.5 Å². The number of ether oxygens (including phenoxy) is 2. The first-order valence-corrected chi connectivity index (χ1v) is 7.81. The Morgan fingerprint density at radius 1 is 1.24 bits per heavy atom. The molecule has 0 aliphatic carbocycles. The minimum atomic E-state index is -0.358. The maximum absolute atomic E-state index is 12.8. The van der Waals surface area contributed by atoms with E-state index in [0.717, 1.165) is 5.56 Å². The Balaban J connectivity index is 1.43. The maximum Gasteiger partial charge on any atom is 0.262 e. The first-order valence-electron chi connectivity index (χ1n) is 7.81. The van der Waals surface area contributed by atoms with Gasteiger partial charge in [-0.1, -0.05) is 6.07 Å². The molecule has 0 fully saturated rings. The van der Waals surface area contributed by atoms with E-state index in [-0.39, 0.29) is 30.8 Å². The molecule has 0 unspecified atom stereocenters. The van der Waals surface area contributed by atoms with Gasteiger partial charge >= 0.3 is 0 Å². The van der Waals surface area contributed by atoms with E-state index in [9.17, 15) is 14.0 Å². The smallest absolute Gasteiger partial charge is 0.262 e. The third-order valence-corrected chi connectivity index (χ3v) is 3.60. The van der Waals surface area contributed by atoms with Gasteiger partial charge in [-0.3, -0.25) is 9.59 Å². The van der Waals surface area contributed by atoms with Crippen LogP contribution in [0, 0.1) is 5.82 Å². The SMILES string of the molecule is O=C(COc1ccc(F)cc1)NCCc1ccc2c(c1)NC(=O)CO2. The van der Waals surface area contributed by atoms with Crippen LogP contribution in [0.5, 0.6) is 11.5 Å². The molecule has 2 amide bonds. The number of hydrogen-bond acceptors (Lipinski definition) is 4. The van der Waals surface area contributed by atoms with Crippen LogP contribution >= 0.6 is 0 Å². The fourth-order valence-electron chi connectivity index (χ4n) is 2.36. The number of rotatable bonds is 6. The molecule has 2 aromatic rings. The molecule has 1 aliphatic rings. The lowest BCUT2D eigenvalue weighted by Gasteiger charge is -2.18. The Labute approximate surface area is 143 Å². The molecule has 0 saturated carbocycles. The van der Waals surface area contributed by atoms with E-state index in [4.69, 9.17) is 9.47 Å². The molecule has 3 rings (SSSR count). The van der Waals surface area contributed by atoms with Crippen LogP contribution in [-0.4, -0.2) is 31.6 Å². The first-order chi connectivity index (χ1) is 12.1. The second-order valence-corrected chi connectivity index (χ2v) is 5.51. The van der Waals surface area contributed by atoms with Crippen molar-refractivity contribution in [1.29, 1.82) is 0 Å². The molecule has 6 nitrogen and oxygen atoms in total. The molecular weight excluding hydrogens is 327 g/mol. The number of halogens is 1. The van der Waals surface area contributed by atoms with Gasteiger partial charge in [0.05, 0.1) is 5.69 Å². The van der Waals surface area contributed by atoms with Crippen molar-refractivity contribution in [3.63, 3.8) is 0 Å². The van der Waals surface area contributed by atoms with Crippen molar-refractivity contribution in [2.75, 3.05) is 25.1 Å². The Hall–Kier alpha value is -3.09. The average molecular weight is 344 g/mol. The number of carbonyl (C=O) groups excluding carboxylic acids is 2. The zero-order chi connectivity index (χ0) is 17.6. The van der Waals surface area contributed by atoms with Crippen molar-refractivity contribution < 1.29 is 23.5 Å². The van der Waals surface area contributed by atoms with Gasteiger partial charge in [0.15, 0.2) is 13.2 Å². The van der Waals surface area contributed by atoms with Gasteiger partial charge in [-0.25, -0.2) is 4.39 Å². The standard InChI is InChI=1S/C18H17FN2O4/c19-13-2-4-14(5-3-13)24-10-17(22)20-8-7-12-1-6-16-15(9-12)21-18(23)11-25-16/h1-6,9H,7-8,10-11H2,(H,20,22)(H,21,23). The highest BCUT2D eigenvalue weighted by atomic mass is 19.1. The van der Waals surface area contributed by atoms with Crippen LogP contribution < -0.4 is 20.1 Å². The van der Waals surface area contributed by atoms with Gasteiger partial charge in [-0.05, 0) is 48.4 Å². The lowest BCUT2D eigenvalue weighted by atomic mass is 10.1. The Kier molecular flexibility index (Phi) is 5.13. The Bertz CT molecular complexity index is 777. The number of anilines is 1. The van der Waals surface area contributed by atoms with E-state index in [1.165, 1.54) is 24.3 Å². The van der Waals surface area contributed by atoms with Crippen LogP contribution in [0.15, 0.2) is 42.5 Å². The van der Waals surface area contributed by atoms with Crippen molar-refractivity contribution in [1.82, 2.24) is 5.32 Å². The number of hydrogen-bond donors (Lipinski definition) is 2. The molecule has 1 aliphatic heterocycles. The molecule has 130 valence electrons. The van der Waals surface area contributed by atoms with Crippen LogP contribution in [0.1, 0.15) is 5.56 Å². The summed E-state index contributed by atoms with van der Waals surface area (Å²) >= 11 is 0. The molecular formula is C18H17FN2O4. The third-order valence-electron chi connectivity index (χ3n) is 3.60. The number of amides is 2. The van der Waals surface area contributed by atoms with Crippen molar-refractivity contribution in [3.05, 3.63) is 53.8 Å². The molecule has 25 heavy (non-hydrogen) atoms. The van der Waals surface area contributed by atoms with Crippen LogP contribution in [0.3, 0.4) is 0 Å². The monoisotopic (exact) mass is 344 g/mol. The van der Waals surface area contributed by atoms with Crippen molar-refractivity contribution in [2.45, 2.75) is 6.42 Å². The van der Waals surface area contributed by atoms with Crippen molar-refractivity contribution >= 4 is 17.5 Å². The molecule has 0 aromatic heterocycles. The second-order valence-electron chi connectivity index (χ2n) is 5.51. The Morgan fingerprint density at radius 3 is 2.84 bits per heavy atom. The number of carbonyl (C=O) groups is 2. The van der Waals surface area contributed by atoms with E-state index in [1.807, 2.05) is 12.1 Å². The van der Waals surface area contributed by atoms with E-state index in [2.05, 4.69) is 10.6 Å². The van der Waals surface area contributed by atoms with Gasteiger partial charge < -0.3 is 20.1 Å². The van der Waals surface area contributed by atoms with Crippen LogP contribution in [-0.2, 0) is 16.0 Å². The van der Waals surface area contributed by atoms with E-state index < -0.39 is 0 Å². The highest BCUT2D eigenvalue weighted by Crippen LogP contribution is 2.28. The largest absolute Gasteiger partial charge is 0.484 e. The minimum Gasteiger partial charge on any atom is -0.484 e. The molecule has 1 heterocycles. The van der Waals surface area contributed by atoms with Gasteiger partial charge in [0.2, 0.25) is 0 Å². The van der Waals surface area contributed by atoms with E-state index in [0.29, 0.717) is 30.2 Å². The van der Waals surface area contributed by atoms with Crippen LogP contribution in [0.4, 0.5) is 10.1 Å². The van der Waals surface area contributed by atoms with E-state index >= 15 is 0 Å². The molecule has 7 heteroatoms. The molecule has 2 N–H and O–H groups in total. The maximum atomic E-state index is 12.8. The van der Waals surface area contributed by atoms with Gasteiger partial charge in [0, 0.05) is 6.54 Å². The lowest BCUT2D eigenvalue weighted by molar-refractivity contribution is -0.123. The highest BCUT2D eigenvalue weighted by molar-refractivity contribution is 5.95. The summed E-state index contributed by atoms with van der Waals surface area (Å²) in [6.45, 7) is 0.315. The second kappa shape index (κ2) is 7.65. The molecule has 0 radical (unpaired) electrons. The van der Waals surface area contributed by atoms with Gasteiger partial charge in [-0.2, -0.15) is 0 Å². The zero-order valence-electron chi connectivity index (χ0n) is 13.4. The topological polar surface area (TPSA) is 76.7 Å². The quantitative estimate of drug-likeness (QED) is 0.839. The fourth-order valence-corrected chi connectivity index (χ4v) is 2.36. The van der Waals surface area contributed by atoms with Crippen LogP contribution in [0.2, 0.25) is 0 Å². The predicted molar refractivity (Wildman–Crippen MR) is 89.2 cm³/mol. The normalized spacial score (nSPS) is 12.6.